The Labute approximate surface area is 89.1 Å². The van der Waals surface area contributed by atoms with E-state index < -0.39 is 0 Å². The second-order valence-electron chi connectivity index (χ2n) is 4.93. The van der Waals surface area contributed by atoms with Gasteiger partial charge in [-0.1, -0.05) is 20.8 Å². The molecule has 0 radical (unpaired) electrons. The molecule has 0 atom stereocenters. The third kappa shape index (κ3) is 5.61. The maximum Gasteiger partial charge on any atom is 0.0107 e. The van der Waals surface area contributed by atoms with Crippen molar-refractivity contribution in [2.75, 3.05) is 32.7 Å². The van der Waals surface area contributed by atoms with E-state index in [9.17, 15) is 0 Å². The van der Waals surface area contributed by atoms with E-state index in [-0.39, 0.29) is 0 Å². The van der Waals surface area contributed by atoms with Crippen molar-refractivity contribution in [2.24, 2.45) is 11.8 Å². The van der Waals surface area contributed by atoms with E-state index in [4.69, 9.17) is 0 Å². The number of rotatable bonds is 8. The van der Waals surface area contributed by atoms with E-state index in [0.29, 0.717) is 0 Å². The molecule has 1 rings (SSSR count). The molecule has 2 nitrogen and oxygen atoms in total. The van der Waals surface area contributed by atoms with E-state index in [2.05, 4.69) is 31.0 Å². The third-order valence-electron chi connectivity index (χ3n) is 2.81. The number of nitrogens with zero attached hydrogens (tertiary/aromatic N) is 1. The van der Waals surface area contributed by atoms with Crippen LogP contribution in [0.3, 0.4) is 0 Å². The molecule has 0 heterocycles. The lowest BCUT2D eigenvalue weighted by Gasteiger charge is -2.22. The highest BCUT2D eigenvalue weighted by atomic mass is 15.1. The largest absolute Gasteiger partial charge is 0.315 e. The van der Waals surface area contributed by atoms with Gasteiger partial charge >= 0.3 is 0 Å². The van der Waals surface area contributed by atoms with E-state index in [1.165, 1.54) is 39.0 Å². The standard InChI is InChI=1S/C12H26N2/c1-4-14(10-11(2)3)8-7-13-9-12-5-6-12/h11-13H,4-10H2,1-3H3. The molecule has 0 amide bonds. The van der Waals surface area contributed by atoms with Gasteiger partial charge in [0.15, 0.2) is 0 Å². The summed E-state index contributed by atoms with van der Waals surface area (Å²) >= 11 is 0. The normalized spacial score (nSPS) is 16.9. The minimum atomic E-state index is 0.790. The molecular weight excluding hydrogens is 172 g/mol. The summed E-state index contributed by atoms with van der Waals surface area (Å²) in [7, 11) is 0. The van der Waals surface area contributed by atoms with E-state index >= 15 is 0 Å². The average molecular weight is 198 g/mol. The van der Waals surface area contributed by atoms with E-state index in [1.807, 2.05) is 0 Å². The first-order chi connectivity index (χ1) is 6.72. The molecule has 0 saturated heterocycles. The number of hydrogen-bond donors (Lipinski definition) is 1. The van der Waals surface area contributed by atoms with Crippen LogP contribution in [0, 0.1) is 11.8 Å². The summed E-state index contributed by atoms with van der Waals surface area (Å²) in [5.41, 5.74) is 0. The van der Waals surface area contributed by atoms with Crippen molar-refractivity contribution in [1.82, 2.24) is 10.2 Å². The second-order valence-corrected chi connectivity index (χ2v) is 4.93. The van der Waals surface area contributed by atoms with Crippen molar-refractivity contribution in [1.29, 1.82) is 0 Å². The summed E-state index contributed by atoms with van der Waals surface area (Å²) < 4.78 is 0. The van der Waals surface area contributed by atoms with Gasteiger partial charge in [0.1, 0.15) is 0 Å². The second kappa shape index (κ2) is 6.41. The molecule has 0 aliphatic heterocycles. The summed E-state index contributed by atoms with van der Waals surface area (Å²) in [4.78, 5) is 2.53. The zero-order valence-corrected chi connectivity index (χ0v) is 10.1. The lowest BCUT2D eigenvalue weighted by molar-refractivity contribution is 0.256. The highest BCUT2D eigenvalue weighted by molar-refractivity contribution is 4.75. The Hall–Kier alpha value is -0.0800. The van der Waals surface area contributed by atoms with Gasteiger partial charge in [-0.3, -0.25) is 0 Å². The Morgan fingerprint density at radius 3 is 2.57 bits per heavy atom. The Morgan fingerprint density at radius 2 is 2.07 bits per heavy atom. The fourth-order valence-corrected chi connectivity index (χ4v) is 1.76. The van der Waals surface area contributed by atoms with Crippen molar-refractivity contribution in [3.05, 3.63) is 0 Å². The first kappa shape index (κ1) is 12.0. The Balaban J connectivity index is 1.95. The molecule has 1 saturated carbocycles. The summed E-state index contributed by atoms with van der Waals surface area (Å²) in [6, 6.07) is 0. The maximum atomic E-state index is 3.54. The predicted octanol–water partition coefficient (Wildman–Crippen LogP) is 1.96. The molecule has 1 aliphatic carbocycles. The molecule has 0 aromatic carbocycles. The van der Waals surface area contributed by atoms with Gasteiger partial charge in [0.25, 0.3) is 0 Å². The van der Waals surface area contributed by atoms with Crippen molar-refractivity contribution in [2.45, 2.75) is 33.6 Å². The van der Waals surface area contributed by atoms with Crippen molar-refractivity contribution in [3.63, 3.8) is 0 Å². The molecule has 0 aromatic heterocycles. The van der Waals surface area contributed by atoms with Gasteiger partial charge in [0.05, 0.1) is 0 Å². The van der Waals surface area contributed by atoms with Gasteiger partial charge in [-0.15, -0.1) is 0 Å². The fraction of sp³-hybridized carbons (Fsp3) is 1.00. The quantitative estimate of drug-likeness (QED) is 0.600. The van der Waals surface area contributed by atoms with Crippen LogP contribution >= 0.6 is 0 Å². The van der Waals surface area contributed by atoms with Crippen LogP contribution in [0.25, 0.3) is 0 Å². The smallest absolute Gasteiger partial charge is 0.0107 e. The molecule has 1 aliphatic rings. The van der Waals surface area contributed by atoms with Crippen molar-refractivity contribution < 1.29 is 0 Å². The monoisotopic (exact) mass is 198 g/mol. The molecule has 84 valence electrons. The predicted molar refractivity (Wildman–Crippen MR) is 62.5 cm³/mol. The summed E-state index contributed by atoms with van der Waals surface area (Å²) in [6.07, 6.45) is 2.91. The minimum Gasteiger partial charge on any atom is -0.315 e. The van der Waals surface area contributed by atoms with Crippen molar-refractivity contribution in [3.8, 4) is 0 Å². The Morgan fingerprint density at radius 1 is 1.36 bits per heavy atom. The zero-order chi connectivity index (χ0) is 10.4. The van der Waals surface area contributed by atoms with E-state index in [0.717, 1.165) is 18.4 Å². The molecule has 0 bridgehead atoms. The lowest BCUT2D eigenvalue weighted by atomic mass is 10.2. The fourth-order valence-electron chi connectivity index (χ4n) is 1.76. The number of hydrogen-bond acceptors (Lipinski definition) is 2. The third-order valence-corrected chi connectivity index (χ3v) is 2.81. The molecule has 0 aromatic rings. The van der Waals surface area contributed by atoms with Crippen LogP contribution in [0.5, 0.6) is 0 Å². The topological polar surface area (TPSA) is 15.3 Å². The van der Waals surface area contributed by atoms with Crippen LogP contribution in [0.4, 0.5) is 0 Å². The minimum absolute atomic E-state index is 0.790. The summed E-state index contributed by atoms with van der Waals surface area (Å²) in [6.45, 7) is 12.9. The van der Waals surface area contributed by atoms with Gasteiger partial charge in [-0.25, -0.2) is 0 Å². The molecule has 1 fully saturated rings. The van der Waals surface area contributed by atoms with Gasteiger partial charge in [0, 0.05) is 19.6 Å². The van der Waals surface area contributed by atoms with Crippen LogP contribution in [0.15, 0.2) is 0 Å². The van der Waals surface area contributed by atoms with Crippen LogP contribution in [-0.4, -0.2) is 37.6 Å². The summed E-state index contributed by atoms with van der Waals surface area (Å²) in [5.74, 6) is 1.80. The van der Waals surface area contributed by atoms with Gasteiger partial charge in [0.2, 0.25) is 0 Å². The van der Waals surface area contributed by atoms with Crippen LogP contribution in [0.2, 0.25) is 0 Å². The van der Waals surface area contributed by atoms with Crippen LogP contribution in [0.1, 0.15) is 33.6 Å². The zero-order valence-electron chi connectivity index (χ0n) is 10.1. The summed E-state index contributed by atoms with van der Waals surface area (Å²) in [5, 5.41) is 3.54. The molecular formula is C12H26N2. The van der Waals surface area contributed by atoms with Crippen LogP contribution in [-0.2, 0) is 0 Å². The SMILES string of the molecule is CCN(CCNCC1CC1)CC(C)C. The van der Waals surface area contributed by atoms with Gasteiger partial charge in [-0.05, 0) is 37.8 Å². The number of likely N-dealkylation sites (N-methyl/N-ethyl adjacent to an activating group) is 1. The lowest BCUT2D eigenvalue weighted by Crippen LogP contribution is -2.35. The van der Waals surface area contributed by atoms with Crippen molar-refractivity contribution >= 4 is 0 Å². The maximum absolute atomic E-state index is 3.54. The average Bonchev–Trinajstić information content (AvgIpc) is 2.93. The first-order valence-electron chi connectivity index (χ1n) is 6.15. The molecule has 0 spiro atoms. The van der Waals surface area contributed by atoms with Gasteiger partial charge in [-0.2, -0.15) is 0 Å². The highest BCUT2D eigenvalue weighted by Crippen LogP contribution is 2.27. The Bertz CT molecular complexity index is 141. The van der Waals surface area contributed by atoms with Gasteiger partial charge < -0.3 is 10.2 Å². The highest BCUT2D eigenvalue weighted by Gasteiger charge is 2.20. The Kier molecular flexibility index (Phi) is 5.49. The molecule has 2 heteroatoms. The number of nitrogens with one attached hydrogen (secondary N) is 1. The first-order valence-corrected chi connectivity index (χ1v) is 6.15. The molecule has 1 N–H and O–H groups in total. The molecule has 0 unspecified atom stereocenters. The van der Waals surface area contributed by atoms with Crippen LogP contribution < -0.4 is 5.32 Å². The van der Waals surface area contributed by atoms with E-state index in [1.54, 1.807) is 0 Å². The molecule has 14 heavy (non-hydrogen) atoms.